The van der Waals surface area contributed by atoms with Gasteiger partial charge in [0.2, 0.25) is 0 Å². The highest BCUT2D eigenvalue weighted by atomic mass is 79.9. The van der Waals surface area contributed by atoms with E-state index in [0.29, 0.717) is 13.1 Å². The molecule has 1 amide bonds. The molecule has 1 aliphatic rings. The molecule has 1 aliphatic heterocycles. The second-order valence-electron chi connectivity index (χ2n) is 6.62. The topological polar surface area (TPSA) is 24.8 Å². The number of halogens is 1. The minimum Gasteiger partial charge on any atom is -0.334 e. The Labute approximate surface area is 158 Å². The van der Waals surface area contributed by atoms with Gasteiger partial charge in [0, 0.05) is 23.1 Å². The van der Waals surface area contributed by atoms with Gasteiger partial charge in [-0.25, -0.2) is 0 Å². The average Bonchev–Trinajstić information content (AvgIpc) is 2.64. The van der Waals surface area contributed by atoms with E-state index in [1.54, 1.807) is 0 Å². The number of hydrogen-bond donors (Lipinski definition) is 1. The summed E-state index contributed by atoms with van der Waals surface area (Å²) in [6.07, 6.45) is 3.13. The van der Waals surface area contributed by atoms with Gasteiger partial charge < -0.3 is 9.80 Å². The Balaban J connectivity index is 1.52. The van der Waals surface area contributed by atoms with E-state index in [2.05, 4.69) is 65.5 Å². The summed E-state index contributed by atoms with van der Waals surface area (Å²) in [6, 6.07) is 18.7. The molecule has 1 N–H and O–H groups in total. The first-order valence-electron chi connectivity index (χ1n) is 8.70. The van der Waals surface area contributed by atoms with Gasteiger partial charge in [0.1, 0.15) is 6.54 Å². The fourth-order valence-corrected chi connectivity index (χ4v) is 3.46. The first-order valence-corrected chi connectivity index (χ1v) is 9.49. The van der Waals surface area contributed by atoms with Crippen molar-refractivity contribution >= 4 is 27.4 Å². The third-order valence-corrected chi connectivity index (χ3v) is 5.11. The normalized spacial score (nSPS) is 15.6. The summed E-state index contributed by atoms with van der Waals surface area (Å²) in [6.45, 7) is 2.92. The molecule has 25 heavy (non-hydrogen) atoms. The van der Waals surface area contributed by atoms with Crippen LogP contribution in [0.4, 0.5) is 0 Å². The zero-order chi connectivity index (χ0) is 17.6. The second kappa shape index (κ2) is 8.45. The zero-order valence-corrected chi connectivity index (χ0v) is 16.1. The van der Waals surface area contributed by atoms with E-state index in [1.807, 2.05) is 23.1 Å². The molecule has 3 rings (SSSR count). The lowest BCUT2D eigenvalue weighted by molar-refractivity contribution is -0.885. The number of rotatable bonds is 5. The van der Waals surface area contributed by atoms with Crippen LogP contribution >= 0.6 is 15.9 Å². The molecule has 130 valence electrons. The Hall–Kier alpha value is -1.91. The Kier molecular flexibility index (Phi) is 6.05. The van der Waals surface area contributed by atoms with Gasteiger partial charge in [0.25, 0.3) is 5.91 Å². The summed E-state index contributed by atoms with van der Waals surface area (Å²) in [4.78, 5) is 15.7. The Morgan fingerprint density at radius 2 is 1.84 bits per heavy atom. The molecule has 3 nitrogen and oxygen atoms in total. The summed E-state index contributed by atoms with van der Waals surface area (Å²) < 4.78 is 1.08. The van der Waals surface area contributed by atoms with Crippen molar-refractivity contribution in [1.82, 2.24) is 4.90 Å². The van der Waals surface area contributed by atoms with E-state index >= 15 is 0 Å². The molecule has 2 aromatic rings. The molecule has 0 saturated carbocycles. The monoisotopic (exact) mass is 399 g/mol. The first kappa shape index (κ1) is 17.9. The molecule has 0 fully saturated rings. The predicted octanol–water partition coefficient (Wildman–Crippen LogP) is 2.78. The third-order valence-electron chi connectivity index (χ3n) is 4.58. The van der Waals surface area contributed by atoms with Gasteiger partial charge in [-0.15, -0.1) is 0 Å². The maximum Gasteiger partial charge on any atom is 0.278 e. The maximum atomic E-state index is 12.6. The smallest absolute Gasteiger partial charge is 0.278 e. The number of carbonyl (C=O) groups excluding carboxylic acids is 1. The molecule has 0 aromatic heterocycles. The Bertz CT molecular complexity index is 740. The molecule has 1 unspecified atom stereocenters. The third kappa shape index (κ3) is 5.03. The van der Waals surface area contributed by atoms with Crippen molar-refractivity contribution in [3.05, 3.63) is 76.3 Å². The first-order chi connectivity index (χ1) is 12.1. The van der Waals surface area contributed by atoms with Crippen LogP contribution in [-0.2, 0) is 11.3 Å². The number of likely N-dealkylation sites (N-methyl/N-ethyl adjacent to an activating group) is 1. The largest absolute Gasteiger partial charge is 0.334 e. The quantitative estimate of drug-likeness (QED) is 0.821. The molecular weight excluding hydrogens is 376 g/mol. The number of amides is 1. The lowest BCUT2D eigenvalue weighted by atomic mass is 9.99. The zero-order valence-electron chi connectivity index (χ0n) is 14.5. The number of hydrogen-bond acceptors (Lipinski definition) is 1. The standard InChI is InChI=1S/C21H23BrN2O/c1-23(15-17-7-9-20(22)10-8-17)16-21(25)24-13-11-19(12-14-24)18-5-3-2-4-6-18/h2-11H,12-16H2,1H3/p+1. The fraction of sp³-hybridized carbons (Fsp3) is 0.286. The molecule has 0 aliphatic carbocycles. The van der Waals surface area contributed by atoms with E-state index in [4.69, 9.17) is 0 Å². The summed E-state index contributed by atoms with van der Waals surface area (Å²) in [5.41, 5.74) is 3.87. The molecule has 4 heteroatoms. The van der Waals surface area contributed by atoms with Crippen molar-refractivity contribution in [2.75, 3.05) is 26.7 Å². The van der Waals surface area contributed by atoms with E-state index in [-0.39, 0.29) is 5.91 Å². The van der Waals surface area contributed by atoms with Crippen molar-refractivity contribution < 1.29 is 9.69 Å². The van der Waals surface area contributed by atoms with Crippen LogP contribution in [0, 0.1) is 0 Å². The van der Waals surface area contributed by atoms with Crippen LogP contribution in [0.5, 0.6) is 0 Å². The summed E-state index contributed by atoms with van der Waals surface area (Å²) >= 11 is 3.45. The molecule has 0 spiro atoms. The molecule has 0 radical (unpaired) electrons. The summed E-state index contributed by atoms with van der Waals surface area (Å²) in [7, 11) is 2.08. The summed E-state index contributed by atoms with van der Waals surface area (Å²) in [5.74, 6) is 0.234. The van der Waals surface area contributed by atoms with Gasteiger partial charge in [-0.3, -0.25) is 4.79 Å². The Morgan fingerprint density at radius 1 is 1.12 bits per heavy atom. The highest BCUT2D eigenvalue weighted by Gasteiger charge is 2.20. The van der Waals surface area contributed by atoms with Crippen LogP contribution in [0.25, 0.3) is 5.57 Å². The van der Waals surface area contributed by atoms with Crippen LogP contribution in [0.2, 0.25) is 0 Å². The molecule has 0 saturated heterocycles. The maximum absolute atomic E-state index is 12.6. The molecular formula is C21H24BrN2O+. The number of benzene rings is 2. The molecule has 2 aromatic carbocycles. The minimum atomic E-state index is 0.234. The SMILES string of the molecule is C[NH+](CC(=O)N1CC=C(c2ccccc2)CC1)Cc1ccc(Br)cc1. The highest BCUT2D eigenvalue weighted by Crippen LogP contribution is 2.21. The van der Waals surface area contributed by atoms with Crippen molar-refractivity contribution in [3.63, 3.8) is 0 Å². The van der Waals surface area contributed by atoms with Crippen LogP contribution in [0.15, 0.2) is 65.1 Å². The predicted molar refractivity (Wildman–Crippen MR) is 105 cm³/mol. The van der Waals surface area contributed by atoms with Gasteiger partial charge in [0.05, 0.1) is 7.05 Å². The van der Waals surface area contributed by atoms with Crippen molar-refractivity contribution in [2.24, 2.45) is 0 Å². The van der Waals surface area contributed by atoms with Crippen molar-refractivity contribution in [2.45, 2.75) is 13.0 Å². The number of quaternary nitrogens is 1. The second-order valence-corrected chi connectivity index (χ2v) is 7.54. The number of nitrogens with zero attached hydrogens (tertiary/aromatic N) is 1. The number of nitrogens with one attached hydrogen (secondary N) is 1. The van der Waals surface area contributed by atoms with Crippen LogP contribution in [0.1, 0.15) is 17.5 Å². The van der Waals surface area contributed by atoms with Crippen LogP contribution < -0.4 is 4.90 Å². The van der Waals surface area contributed by atoms with Crippen molar-refractivity contribution in [3.8, 4) is 0 Å². The Morgan fingerprint density at radius 3 is 2.48 bits per heavy atom. The average molecular weight is 400 g/mol. The number of carbonyl (C=O) groups is 1. The van der Waals surface area contributed by atoms with Crippen LogP contribution in [0.3, 0.4) is 0 Å². The van der Waals surface area contributed by atoms with Crippen molar-refractivity contribution in [1.29, 1.82) is 0 Å². The molecule has 1 atom stereocenters. The van der Waals surface area contributed by atoms with E-state index in [1.165, 1.54) is 21.6 Å². The lowest BCUT2D eigenvalue weighted by Gasteiger charge is -2.27. The van der Waals surface area contributed by atoms with E-state index in [9.17, 15) is 4.79 Å². The van der Waals surface area contributed by atoms with Gasteiger partial charge in [-0.2, -0.15) is 0 Å². The highest BCUT2D eigenvalue weighted by molar-refractivity contribution is 9.10. The van der Waals surface area contributed by atoms with Crippen LogP contribution in [-0.4, -0.2) is 37.5 Å². The summed E-state index contributed by atoms with van der Waals surface area (Å²) in [5, 5.41) is 0. The lowest BCUT2D eigenvalue weighted by Crippen LogP contribution is -3.08. The van der Waals surface area contributed by atoms with Gasteiger partial charge in [-0.05, 0) is 29.7 Å². The minimum absolute atomic E-state index is 0.234. The van der Waals surface area contributed by atoms with Gasteiger partial charge in [-0.1, -0.05) is 64.5 Å². The van der Waals surface area contributed by atoms with Gasteiger partial charge >= 0.3 is 0 Å². The van der Waals surface area contributed by atoms with E-state index in [0.717, 1.165) is 24.0 Å². The van der Waals surface area contributed by atoms with E-state index < -0.39 is 0 Å². The van der Waals surface area contributed by atoms with Gasteiger partial charge in [0.15, 0.2) is 6.54 Å². The molecule has 0 bridgehead atoms. The molecule has 1 heterocycles. The fourth-order valence-electron chi connectivity index (χ4n) is 3.19.